The lowest BCUT2D eigenvalue weighted by molar-refractivity contribution is 0.0929. The highest BCUT2D eigenvalue weighted by atomic mass is 127. The van der Waals surface area contributed by atoms with Crippen molar-refractivity contribution < 1.29 is 9.18 Å². The maximum Gasteiger partial charge on any atom is 0.252 e. The van der Waals surface area contributed by atoms with Gasteiger partial charge in [-0.15, -0.1) is 12.4 Å². The average molecular weight is 385 g/mol. The topological polar surface area (TPSA) is 41.1 Å². The predicted octanol–water partition coefficient (Wildman–Crippen LogP) is 2.33. The lowest BCUT2D eigenvalue weighted by atomic mass is 10.1. The molecule has 0 spiro atoms. The van der Waals surface area contributed by atoms with Crippen molar-refractivity contribution in [2.24, 2.45) is 0 Å². The molecule has 1 aliphatic rings. The molecule has 0 unspecified atom stereocenters. The first kappa shape index (κ1) is 15.7. The van der Waals surface area contributed by atoms with Crippen LogP contribution in [0.15, 0.2) is 18.2 Å². The lowest BCUT2D eigenvalue weighted by Gasteiger charge is -2.24. The van der Waals surface area contributed by atoms with Crippen LogP contribution in [-0.2, 0) is 0 Å². The molecule has 3 nitrogen and oxygen atoms in total. The number of rotatable bonds is 2. The number of amides is 1. The van der Waals surface area contributed by atoms with E-state index in [1.807, 2.05) is 22.6 Å². The summed E-state index contributed by atoms with van der Waals surface area (Å²) in [5, 5.41) is 6.21. The van der Waals surface area contributed by atoms with Gasteiger partial charge in [0, 0.05) is 16.2 Å². The minimum Gasteiger partial charge on any atom is -0.348 e. The number of piperidine rings is 1. The van der Waals surface area contributed by atoms with Gasteiger partial charge >= 0.3 is 0 Å². The summed E-state index contributed by atoms with van der Waals surface area (Å²) in [4.78, 5) is 12.0. The number of hydrogen-bond acceptors (Lipinski definition) is 2. The van der Waals surface area contributed by atoms with Crippen LogP contribution >= 0.6 is 35.0 Å². The van der Waals surface area contributed by atoms with Gasteiger partial charge in [0.1, 0.15) is 5.82 Å². The van der Waals surface area contributed by atoms with E-state index < -0.39 is 0 Å². The highest BCUT2D eigenvalue weighted by Gasteiger charge is 2.17. The molecule has 100 valence electrons. The molecule has 1 amide bonds. The first-order valence-corrected chi connectivity index (χ1v) is 6.71. The van der Waals surface area contributed by atoms with E-state index in [2.05, 4.69) is 10.6 Å². The summed E-state index contributed by atoms with van der Waals surface area (Å²) in [6.07, 6.45) is 2.07. The number of benzene rings is 1. The molecule has 1 fully saturated rings. The zero-order valence-corrected chi connectivity index (χ0v) is 12.7. The van der Waals surface area contributed by atoms with Gasteiger partial charge in [-0.1, -0.05) is 0 Å². The number of nitrogens with one attached hydrogen (secondary N) is 2. The molecular weight excluding hydrogens is 369 g/mol. The van der Waals surface area contributed by atoms with Gasteiger partial charge in [0.2, 0.25) is 0 Å². The van der Waals surface area contributed by atoms with Crippen molar-refractivity contribution in [1.29, 1.82) is 0 Å². The Morgan fingerprint density at radius 2 is 2.28 bits per heavy atom. The van der Waals surface area contributed by atoms with Gasteiger partial charge in [-0.05, 0) is 60.2 Å². The third kappa shape index (κ3) is 4.07. The molecule has 1 aromatic rings. The van der Waals surface area contributed by atoms with Crippen LogP contribution < -0.4 is 10.6 Å². The van der Waals surface area contributed by atoms with Gasteiger partial charge in [0.25, 0.3) is 5.91 Å². The largest absolute Gasteiger partial charge is 0.348 e. The Morgan fingerprint density at radius 1 is 1.50 bits per heavy atom. The van der Waals surface area contributed by atoms with Crippen LogP contribution in [0.2, 0.25) is 0 Å². The van der Waals surface area contributed by atoms with Crippen molar-refractivity contribution in [3.05, 3.63) is 33.1 Å². The molecule has 0 saturated carbocycles. The van der Waals surface area contributed by atoms with Crippen molar-refractivity contribution in [2.45, 2.75) is 18.9 Å². The summed E-state index contributed by atoms with van der Waals surface area (Å²) in [7, 11) is 0. The minimum atomic E-state index is -0.315. The Kier molecular flexibility index (Phi) is 6.31. The smallest absolute Gasteiger partial charge is 0.252 e. The molecule has 0 radical (unpaired) electrons. The zero-order chi connectivity index (χ0) is 12.3. The Hall–Kier alpha value is -0.400. The van der Waals surface area contributed by atoms with Gasteiger partial charge in [0.15, 0.2) is 0 Å². The number of hydrogen-bond donors (Lipinski definition) is 2. The van der Waals surface area contributed by atoms with Crippen LogP contribution in [0.3, 0.4) is 0 Å². The maximum atomic E-state index is 12.9. The molecule has 1 aliphatic heterocycles. The molecule has 1 saturated heterocycles. The third-order valence-corrected chi connectivity index (χ3v) is 3.70. The lowest BCUT2D eigenvalue weighted by Crippen LogP contribution is -2.45. The highest BCUT2D eigenvalue weighted by molar-refractivity contribution is 14.1. The third-order valence-electron chi connectivity index (χ3n) is 2.81. The second-order valence-electron chi connectivity index (χ2n) is 4.14. The van der Waals surface area contributed by atoms with Crippen molar-refractivity contribution in [3.63, 3.8) is 0 Å². The van der Waals surface area contributed by atoms with Crippen molar-refractivity contribution in [2.75, 3.05) is 13.1 Å². The minimum absolute atomic E-state index is 0. The van der Waals surface area contributed by atoms with Gasteiger partial charge in [-0.2, -0.15) is 0 Å². The number of carbonyl (C=O) groups excluding carboxylic acids is 1. The fourth-order valence-electron chi connectivity index (χ4n) is 1.91. The van der Waals surface area contributed by atoms with E-state index in [9.17, 15) is 9.18 Å². The van der Waals surface area contributed by atoms with Gasteiger partial charge in [-0.25, -0.2) is 4.39 Å². The van der Waals surface area contributed by atoms with Gasteiger partial charge in [0.05, 0.1) is 5.56 Å². The fraction of sp³-hybridized carbons (Fsp3) is 0.417. The molecule has 0 aromatic heterocycles. The quantitative estimate of drug-likeness (QED) is 0.769. The van der Waals surface area contributed by atoms with E-state index in [4.69, 9.17) is 0 Å². The molecule has 6 heteroatoms. The summed E-state index contributed by atoms with van der Waals surface area (Å²) in [5.41, 5.74) is 0.539. The Labute approximate surface area is 125 Å². The summed E-state index contributed by atoms with van der Waals surface area (Å²) >= 11 is 1.98. The Morgan fingerprint density at radius 3 is 2.89 bits per heavy atom. The van der Waals surface area contributed by atoms with E-state index in [1.54, 1.807) is 0 Å². The van der Waals surface area contributed by atoms with Crippen LogP contribution in [-0.4, -0.2) is 25.0 Å². The van der Waals surface area contributed by atoms with E-state index in [0.717, 1.165) is 25.9 Å². The predicted molar refractivity (Wildman–Crippen MR) is 79.7 cm³/mol. The van der Waals surface area contributed by atoms with Crippen LogP contribution in [0.4, 0.5) is 4.39 Å². The SMILES string of the molecule is Cl.O=C(N[C@H]1CCCNC1)c1ccc(F)cc1I. The van der Waals surface area contributed by atoms with Crippen molar-refractivity contribution in [1.82, 2.24) is 10.6 Å². The van der Waals surface area contributed by atoms with E-state index >= 15 is 0 Å². The Balaban J connectivity index is 0.00000162. The molecule has 1 heterocycles. The van der Waals surface area contributed by atoms with Crippen LogP contribution in [0.25, 0.3) is 0 Å². The number of carbonyl (C=O) groups is 1. The van der Waals surface area contributed by atoms with Gasteiger partial charge < -0.3 is 10.6 Å². The van der Waals surface area contributed by atoms with E-state index in [-0.39, 0.29) is 30.2 Å². The Bertz CT molecular complexity index is 425. The zero-order valence-electron chi connectivity index (χ0n) is 9.71. The van der Waals surface area contributed by atoms with Crippen molar-refractivity contribution >= 4 is 40.9 Å². The average Bonchev–Trinajstić information content (AvgIpc) is 2.30. The molecular formula is C12H15ClFIN2O. The standard InChI is InChI=1S/C12H14FIN2O.ClH/c13-8-3-4-10(11(14)6-8)12(17)16-9-2-1-5-15-7-9;/h3-4,6,9,15H,1-2,5,7H2,(H,16,17);1H/t9-;/m0./s1. The van der Waals surface area contributed by atoms with Crippen LogP contribution in [0.5, 0.6) is 0 Å². The molecule has 1 aromatic carbocycles. The van der Waals surface area contributed by atoms with Crippen molar-refractivity contribution in [3.8, 4) is 0 Å². The monoisotopic (exact) mass is 384 g/mol. The maximum absolute atomic E-state index is 12.9. The fourth-order valence-corrected chi connectivity index (χ4v) is 2.63. The van der Waals surface area contributed by atoms with E-state index in [1.165, 1.54) is 18.2 Å². The summed E-state index contributed by atoms with van der Waals surface area (Å²) in [5.74, 6) is -0.437. The van der Waals surface area contributed by atoms with Gasteiger partial charge in [-0.3, -0.25) is 4.79 Å². The summed E-state index contributed by atoms with van der Waals surface area (Å²) in [6, 6.07) is 4.39. The highest BCUT2D eigenvalue weighted by Crippen LogP contribution is 2.14. The van der Waals surface area contributed by atoms with Crippen LogP contribution in [0, 0.1) is 9.39 Å². The molecule has 1 atom stereocenters. The second kappa shape index (κ2) is 7.25. The molecule has 2 rings (SSSR count). The first-order valence-electron chi connectivity index (χ1n) is 5.63. The number of halogens is 3. The molecule has 2 N–H and O–H groups in total. The molecule has 0 bridgehead atoms. The molecule has 18 heavy (non-hydrogen) atoms. The normalized spacial score (nSPS) is 18.9. The van der Waals surface area contributed by atoms with E-state index in [0.29, 0.717) is 9.13 Å². The summed E-state index contributed by atoms with van der Waals surface area (Å²) < 4.78 is 13.6. The van der Waals surface area contributed by atoms with Crippen LogP contribution in [0.1, 0.15) is 23.2 Å². The summed E-state index contributed by atoms with van der Waals surface area (Å²) in [6.45, 7) is 1.82. The first-order chi connectivity index (χ1) is 8.16. The molecule has 0 aliphatic carbocycles. The second-order valence-corrected chi connectivity index (χ2v) is 5.30.